The van der Waals surface area contributed by atoms with Gasteiger partial charge in [-0.1, -0.05) is 18.2 Å². The maximum absolute atomic E-state index is 13.3. The molecule has 0 spiro atoms. The first-order valence-electron chi connectivity index (χ1n) is 6.91. The van der Waals surface area contributed by atoms with Gasteiger partial charge in [-0.05, 0) is 36.8 Å². The third-order valence-corrected chi connectivity index (χ3v) is 3.64. The lowest BCUT2D eigenvalue weighted by Gasteiger charge is -2.20. The molecule has 0 radical (unpaired) electrons. The first-order valence-corrected chi connectivity index (χ1v) is 6.91. The molecule has 21 heavy (non-hydrogen) atoms. The molecule has 0 saturated heterocycles. The van der Waals surface area contributed by atoms with Gasteiger partial charge in [0, 0.05) is 17.7 Å². The highest BCUT2D eigenvalue weighted by atomic mass is 19.1. The van der Waals surface area contributed by atoms with Crippen molar-refractivity contribution in [3.05, 3.63) is 65.0 Å². The smallest absolute Gasteiger partial charge is 0.254 e. The molecule has 1 heterocycles. The van der Waals surface area contributed by atoms with Crippen molar-refractivity contribution in [2.75, 3.05) is 13.2 Å². The zero-order valence-electron chi connectivity index (χ0n) is 11.8. The molecule has 0 aromatic heterocycles. The molecule has 1 aliphatic heterocycles. The van der Waals surface area contributed by atoms with Crippen LogP contribution >= 0.6 is 0 Å². The van der Waals surface area contributed by atoms with E-state index < -0.39 is 0 Å². The third-order valence-electron chi connectivity index (χ3n) is 3.64. The largest absolute Gasteiger partial charge is 0.491 e. The molecule has 2 aromatic carbocycles. The van der Waals surface area contributed by atoms with Crippen molar-refractivity contribution >= 4 is 5.91 Å². The van der Waals surface area contributed by atoms with E-state index in [1.807, 2.05) is 24.3 Å². The lowest BCUT2D eigenvalue weighted by molar-refractivity contribution is 0.0733. The summed E-state index contributed by atoms with van der Waals surface area (Å²) in [5.41, 5.74) is 1.97. The number of rotatable bonds is 1. The number of hydrogen-bond donors (Lipinski definition) is 0. The fourth-order valence-electron chi connectivity index (χ4n) is 2.46. The highest BCUT2D eigenvalue weighted by Gasteiger charge is 2.21. The van der Waals surface area contributed by atoms with Gasteiger partial charge in [-0.3, -0.25) is 4.79 Å². The molecular formula is C17H16FNO2. The number of ether oxygens (including phenoxy) is 1. The van der Waals surface area contributed by atoms with Crippen LogP contribution in [0.1, 0.15) is 21.5 Å². The van der Waals surface area contributed by atoms with Crippen LogP contribution in [0, 0.1) is 12.7 Å². The Bertz CT molecular complexity index is 684. The normalized spacial score (nSPS) is 14.1. The molecule has 0 bridgehead atoms. The highest BCUT2D eigenvalue weighted by Crippen LogP contribution is 2.23. The first kappa shape index (κ1) is 13.6. The number of aryl methyl sites for hydroxylation is 1. The molecule has 0 saturated carbocycles. The summed E-state index contributed by atoms with van der Waals surface area (Å²) in [4.78, 5) is 14.3. The second-order valence-electron chi connectivity index (χ2n) is 5.15. The molecule has 1 aliphatic rings. The second-order valence-corrected chi connectivity index (χ2v) is 5.15. The quantitative estimate of drug-likeness (QED) is 0.805. The number of amides is 1. The van der Waals surface area contributed by atoms with Crippen LogP contribution in [0.25, 0.3) is 0 Å². The van der Waals surface area contributed by atoms with Gasteiger partial charge in [0.05, 0.1) is 6.54 Å². The van der Waals surface area contributed by atoms with Gasteiger partial charge in [-0.25, -0.2) is 4.39 Å². The Balaban J connectivity index is 1.86. The number of fused-ring (bicyclic) bond motifs is 1. The number of nitrogens with zero attached hydrogens (tertiary/aromatic N) is 1. The van der Waals surface area contributed by atoms with Crippen LogP contribution in [-0.4, -0.2) is 24.0 Å². The van der Waals surface area contributed by atoms with E-state index >= 15 is 0 Å². The lowest BCUT2D eigenvalue weighted by Crippen LogP contribution is -2.32. The summed E-state index contributed by atoms with van der Waals surface area (Å²) in [5.74, 6) is 0.428. The summed E-state index contributed by atoms with van der Waals surface area (Å²) in [6.45, 7) is 3.14. The maximum Gasteiger partial charge on any atom is 0.254 e. The minimum absolute atomic E-state index is 0.0987. The molecule has 0 fully saturated rings. The Morgan fingerprint density at radius 1 is 1.24 bits per heavy atom. The van der Waals surface area contributed by atoms with Gasteiger partial charge in [0.25, 0.3) is 5.91 Å². The van der Waals surface area contributed by atoms with E-state index in [1.54, 1.807) is 17.9 Å². The number of para-hydroxylation sites is 1. The minimum atomic E-state index is -0.295. The van der Waals surface area contributed by atoms with Crippen molar-refractivity contribution in [2.45, 2.75) is 13.5 Å². The molecule has 0 atom stereocenters. The molecular weight excluding hydrogens is 269 g/mol. The third kappa shape index (κ3) is 2.75. The molecule has 3 nitrogen and oxygen atoms in total. The number of carbonyl (C=O) groups is 1. The van der Waals surface area contributed by atoms with Crippen LogP contribution in [0.15, 0.2) is 42.5 Å². The lowest BCUT2D eigenvalue weighted by atomic mass is 10.1. The summed E-state index contributed by atoms with van der Waals surface area (Å²) in [7, 11) is 0. The van der Waals surface area contributed by atoms with Crippen LogP contribution < -0.4 is 4.74 Å². The number of benzene rings is 2. The van der Waals surface area contributed by atoms with Crippen molar-refractivity contribution in [2.24, 2.45) is 0 Å². The van der Waals surface area contributed by atoms with E-state index in [9.17, 15) is 9.18 Å². The van der Waals surface area contributed by atoms with Crippen molar-refractivity contribution in [3.8, 4) is 5.75 Å². The van der Waals surface area contributed by atoms with E-state index in [0.717, 1.165) is 11.3 Å². The Hall–Kier alpha value is -2.36. The number of carbonyl (C=O) groups excluding carboxylic acids is 1. The molecule has 3 rings (SSSR count). The molecule has 0 aliphatic carbocycles. The van der Waals surface area contributed by atoms with Gasteiger partial charge in [0.2, 0.25) is 0 Å². The van der Waals surface area contributed by atoms with Crippen LogP contribution in [0.2, 0.25) is 0 Å². The van der Waals surface area contributed by atoms with Crippen molar-refractivity contribution in [1.82, 2.24) is 4.90 Å². The Labute approximate surface area is 123 Å². The van der Waals surface area contributed by atoms with Crippen LogP contribution in [0.4, 0.5) is 4.39 Å². The van der Waals surface area contributed by atoms with Gasteiger partial charge in [0.1, 0.15) is 18.2 Å². The van der Waals surface area contributed by atoms with E-state index in [0.29, 0.717) is 30.8 Å². The molecule has 2 aromatic rings. The van der Waals surface area contributed by atoms with E-state index in [2.05, 4.69) is 0 Å². The first-order chi connectivity index (χ1) is 10.1. The average molecular weight is 285 g/mol. The van der Waals surface area contributed by atoms with Crippen LogP contribution in [0.3, 0.4) is 0 Å². The summed E-state index contributed by atoms with van der Waals surface area (Å²) < 4.78 is 19.0. The molecule has 1 amide bonds. The summed E-state index contributed by atoms with van der Waals surface area (Å²) in [6.07, 6.45) is 0. The Kier molecular flexibility index (Phi) is 3.60. The zero-order valence-corrected chi connectivity index (χ0v) is 11.8. The topological polar surface area (TPSA) is 29.5 Å². The van der Waals surface area contributed by atoms with Gasteiger partial charge < -0.3 is 9.64 Å². The fourth-order valence-corrected chi connectivity index (χ4v) is 2.46. The number of halogens is 1. The van der Waals surface area contributed by atoms with E-state index in [4.69, 9.17) is 4.74 Å². The Morgan fingerprint density at radius 3 is 2.86 bits per heavy atom. The predicted molar refractivity (Wildman–Crippen MR) is 77.8 cm³/mol. The minimum Gasteiger partial charge on any atom is -0.491 e. The highest BCUT2D eigenvalue weighted by molar-refractivity contribution is 5.94. The van der Waals surface area contributed by atoms with E-state index in [-0.39, 0.29) is 11.7 Å². The van der Waals surface area contributed by atoms with Gasteiger partial charge in [-0.2, -0.15) is 0 Å². The van der Waals surface area contributed by atoms with Crippen LogP contribution in [-0.2, 0) is 6.54 Å². The molecule has 4 heteroatoms. The molecule has 0 unspecified atom stereocenters. The second kappa shape index (κ2) is 5.56. The summed E-state index contributed by atoms with van der Waals surface area (Å²) in [6, 6.07) is 12.2. The fraction of sp³-hybridized carbons (Fsp3) is 0.235. The monoisotopic (exact) mass is 285 g/mol. The van der Waals surface area contributed by atoms with Gasteiger partial charge in [-0.15, -0.1) is 0 Å². The summed E-state index contributed by atoms with van der Waals surface area (Å²) in [5, 5.41) is 0. The van der Waals surface area contributed by atoms with Crippen molar-refractivity contribution in [3.63, 3.8) is 0 Å². The van der Waals surface area contributed by atoms with E-state index in [1.165, 1.54) is 12.1 Å². The van der Waals surface area contributed by atoms with Gasteiger partial charge in [0.15, 0.2) is 0 Å². The van der Waals surface area contributed by atoms with Gasteiger partial charge >= 0.3 is 0 Å². The Morgan fingerprint density at radius 2 is 2.05 bits per heavy atom. The van der Waals surface area contributed by atoms with Crippen LogP contribution in [0.5, 0.6) is 5.75 Å². The predicted octanol–water partition coefficient (Wildman–Crippen LogP) is 3.17. The zero-order chi connectivity index (χ0) is 14.8. The standard InChI is InChI=1S/C17H16FNO2/c1-12-10-13(6-7-15(12)18)17(20)19-8-9-21-16-5-3-2-4-14(16)11-19/h2-7,10H,8-9,11H2,1H3. The summed E-state index contributed by atoms with van der Waals surface area (Å²) >= 11 is 0. The average Bonchev–Trinajstić information content (AvgIpc) is 2.71. The number of hydrogen-bond acceptors (Lipinski definition) is 2. The SMILES string of the molecule is Cc1cc(C(=O)N2CCOc3ccccc3C2)ccc1F. The molecule has 0 N–H and O–H groups in total. The van der Waals surface area contributed by atoms with Crippen molar-refractivity contribution < 1.29 is 13.9 Å². The maximum atomic E-state index is 13.3. The molecule has 108 valence electrons. The van der Waals surface area contributed by atoms with Crippen molar-refractivity contribution in [1.29, 1.82) is 0 Å².